The summed E-state index contributed by atoms with van der Waals surface area (Å²) in [4.78, 5) is 16.2. The zero-order chi connectivity index (χ0) is 28.3. The number of methoxy groups -OCH3 is 1. The molecule has 5 rings (SSSR count). The molecule has 0 fully saturated rings. The van der Waals surface area contributed by atoms with Gasteiger partial charge in [0.2, 0.25) is 0 Å². The number of aryl methyl sites for hydroxylation is 2. The van der Waals surface area contributed by atoms with Crippen LogP contribution in [0.4, 0.5) is 5.69 Å². The van der Waals surface area contributed by atoms with Crippen LogP contribution in [0.3, 0.4) is 0 Å². The van der Waals surface area contributed by atoms with Crippen molar-refractivity contribution in [1.29, 1.82) is 0 Å². The number of hydrogen-bond donors (Lipinski definition) is 0. The van der Waals surface area contributed by atoms with E-state index in [9.17, 15) is 17.8 Å². The van der Waals surface area contributed by atoms with Crippen molar-refractivity contribution in [3.8, 4) is 5.75 Å². The van der Waals surface area contributed by atoms with Crippen LogP contribution in [-0.4, -0.2) is 31.7 Å². The molecule has 0 saturated heterocycles. The monoisotopic (exact) mass is 583 g/mol. The van der Waals surface area contributed by atoms with Crippen molar-refractivity contribution in [1.82, 2.24) is 4.57 Å². The number of ether oxygens (including phenoxy) is 1. The third-order valence-electron chi connectivity index (χ3n) is 6.07. The van der Waals surface area contributed by atoms with Crippen LogP contribution in [0, 0.1) is 6.92 Å². The van der Waals surface area contributed by atoms with Crippen LogP contribution < -0.4 is 29.0 Å². The van der Waals surface area contributed by atoms with Crippen molar-refractivity contribution in [2.45, 2.75) is 30.2 Å². The molecule has 0 amide bonds. The minimum absolute atomic E-state index is 0.0642. The smallest absolute Gasteiger partial charge is 0.271 e. The number of anilines is 1. The van der Waals surface area contributed by atoms with Gasteiger partial charge in [-0.2, -0.15) is 0 Å². The SMILES string of the molecule is CCn1c(=O)/c(=C2\Sc3ccc(OC)cc3N2C)s/c1=C\c1cc[n+](C)cc1.Cc1ccc(S(=O)(=O)[O-])cc1. The van der Waals surface area contributed by atoms with Crippen molar-refractivity contribution >= 4 is 50.0 Å². The van der Waals surface area contributed by atoms with Crippen LogP contribution in [0.1, 0.15) is 18.1 Å². The lowest BCUT2D eigenvalue weighted by molar-refractivity contribution is -0.671. The summed E-state index contributed by atoms with van der Waals surface area (Å²) in [6.45, 7) is 4.47. The van der Waals surface area contributed by atoms with E-state index in [1.807, 2.05) is 67.7 Å². The van der Waals surface area contributed by atoms with Gasteiger partial charge >= 0.3 is 0 Å². The Morgan fingerprint density at radius 1 is 1.08 bits per heavy atom. The molecule has 2 aromatic heterocycles. The van der Waals surface area contributed by atoms with E-state index in [2.05, 4.69) is 23.1 Å². The Kier molecular flexibility index (Phi) is 8.65. The molecule has 0 spiro atoms. The van der Waals surface area contributed by atoms with Crippen LogP contribution in [0.5, 0.6) is 5.75 Å². The molecule has 39 heavy (non-hydrogen) atoms. The van der Waals surface area contributed by atoms with Crippen LogP contribution in [0.2, 0.25) is 0 Å². The van der Waals surface area contributed by atoms with Gasteiger partial charge in [-0.15, -0.1) is 11.3 Å². The molecule has 0 N–H and O–H groups in total. The third kappa shape index (κ3) is 6.44. The van der Waals surface area contributed by atoms with Gasteiger partial charge in [-0.1, -0.05) is 29.5 Å². The summed E-state index contributed by atoms with van der Waals surface area (Å²) >= 11 is 3.19. The fourth-order valence-electron chi connectivity index (χ4n) is 3.88. The van der Waals surface area contributed by atoms with E-state index >= 15 is 0 Å². The number of fused-ring (bicyclic) bond motifs is 1. The molecular formula is C28H29N3O5S3. The van der Waals surface area contributed by atoms with Gasteiger partial charge in [0.05, 0.1) is 22.4 Å². The lowest BCUT2D eigenvalue weighted by Gasteiger charge is -2.13. The lowest BCUT2D eigenvalue weighted by Crippen LogP contribution is -2.33. The normalized spacial score (nSPS) is 14.6. The number of pyridine rings is 1. The quantitative estimate of drug-likeness (QED) is 0.269. The fraction of sp³-hybridized carbons (Fsp3) is 0.214. The van der Waals surface area contributed by atoms with E-state index in [1.54, 1.807) is 42.3 Å². The highest BCUT2D eigenvalue weighted by Gasteiger charge is 2.25. The summed E-state index contributed by atoms with van der Waals surface area (Å²) in [5.41, 5.74) is 3.14. The van der Waals surface area contributed by atoms with Gasteiger partial charge in [0.25, 0.3) is 5.56 Å². The minimum Gasteiger partial charge on any atom is -0.744 e. The predicted octanol–water partition coefficient (Wildman–Crippen LogP) is 2.80. The predicted molar refractivity (Wildman–Crippen MR) is 154 cm³/mol. The topological polar surface area (TPSA) is 95.6 Å². The van der Waals surface area contributed by atoms with Gasteiger partial charge in [-0.05, 0) is 49.8 Å². The number of aromatic nitrogens is 2. The van der Waals surface area contributed by atoms with E-state index in [4.69, 9.17) is 4.74 Å². The summed E-state index contributed by atoms with van der Waals surface area (Å²) in [5.74, 6) is 0.816. The molecular weight excluding hydrogens is 555 g/mol. The van der Waals surface area contributed by atoms with Gasteiger partial charge in [-0.3, -0.25) is 9.36 Å². The Bertz CT molecular complexity index is 1780. The standard InChI is InChI=1S/C21H22N3O2S2.C7H8O3S/c1-5-24-18(12-14-8-10-22(2)11-9-14)28-19(20(24)25)21-23(3)16-13-15(26-4)6-7-17(16)27-21;1-6-2-4-7(5-3-6)11(8,9)10/h6-13H,5H2,1-4H3;2-5H,1H3,(H,8,9,10)/q+1;/p-1/b21-19+;. The van der Waals surface area contributed by atoms with Gasteiger partial charge in [-0.25, -0.2) is 13.0 Å². The first-order valence-electron chi connectivity index (χ1n) is 12.0. The summed E-state index contributed by atoms with van der Waals surface area (Å²) < 4.78 is 42.1. The molecule has 1 aliphatic heterocycles. The Morgan fingerprint density at radius 3 is 2.33 bits per heavy atom. The molecule has 0 atom stereocenters. The molecule has 2 aromatic carbocycles. The Labute approximate surface area is 235 Å². The van der Waals surface area contributed by atoms with Gasteiger partial charge in [0.15, 0.2) is 12.4 Å². The summed E-state index contributed by atoms with van der Waals surface area (Å²) in [6, 6.07) is 15.9. The first kappa shape index (κ1) is 28.6. The molecule has 3 heterocycles. The largest absolute Gasteiger partial charge is 0.744 e. The van der Waals surface area contributed by atoms with Crippen LogP contribution in [0.25, 0.3) is 11.1 Å². The summed E-state index contributed by atoms with van der Waals surface area (Å²) in [6.07, 6.45) is 6.09. The van der Waals surface area contributed by atoms with E-state index in [0.29, 0.717) is 6.54 Å². The number of nitrogens with zero attached hydrogens (tertiary/aromatic N) is 3. The molecule has 11 heteroatoms. The zero-order valence-corrected chi connectivity index (χ0v) is 24.7. The van der Waals surface area contributed by atoms with Crippen molar-refractivity contribution in [2.75, 3.05) is 19.1 Å². The molecule has 204 valence electrons. The molecule has 0 bridgehead atoms. The minimum atomic E-state index is -4.27. The maximum absolute atomic E-state index is 13.1. The van der Waals surface area contributed by atoms with E-state index in [0.717, 1.165) is 41.7 Å². The van der Waals surface area contributed by atoms with Gasteiger partial charge in [0.1, 0.15) is 32.5 Å². The van der Waals surface area contributed by atoms with E-state index in [-0.39, 0.29) is 10.5 Å². The summed E-state index contributed by atoms with van der Waals surface area (Å²) in [7, 11) is 1.39. The van der Waals surface area contributed by atoms with Crippen molar-refractivity contribution in [3.05, 3.63) is 97.7 Å². The van der Waals surface area contributed by atoms with Crippen molar-refractivity contribution in [2.24, 2.45) is 7.05 Å². The van der Waals surface area contributed by atoms with Crippen molar-refractivity contribution in [3.63, 3.8) is 0 Å². The third-order valence-corrected chi connectivity index (χ3v) is 9.40. The Hall–Kier alpha value is -3.38. The number of rotatable bonds is 4. The number of thioether (sulfide) groups is 1. The molecule has 0 aliphatic carbocycles. The maximum Gasteiger partial charge on any atom is 0.271 e. The highest BCUT2D eigenvalue weighted by Crippen LogP contribution is 2.46. The maximum atomic E-state index is 13.1. The number of thiazole rings is 1. The van der Waals surface area contributed by atoms with Crippen LogP contribution in [-0.2, 0) is 23.7 Å². The first-order valence-corrected chi connectivity index (χ1v) is 15.1. The molecule has 0 saturated carbocycles. The zero-order valence-electron chi connectivity index (χ0n) is 22.2. The fourth-order valence-corrected chi connectivity index (χ4v) is 6.81. The number of hydrogen-bond acceptors (Lipinski definition) is 8. The van der Waals surface area contributed by atoms with E-state index < -0.39 is 10.1 Å². The second-order valence-corrected chi connectivity index (χ2v) is 12.3. The summed E-state index contributed by atoms with van der Waals surface area (Å²) in [5, 5.41) is 0.972. The first-order chi connectivity index (χ1) is 18.5. The van der Waals surface area contributed by atoms with Gasteiger partial charge in [0, 0.05) is 36.7 Å². The second-order valence-electron chi connectivity index (χ2n) is 8.83. The highest BCUT2D eigenvalue weighted by molar-refractivity contribution is 8.08. The van der Waals surface area contributed by atoms with Crippen LogP contribution >= 0.6 is 23.1 Å². The molecule has 1 aliphatic rings. The molecule has 8 nitrogen and oxygen atoms in total. The molecule has 0 unspecified atom stereocenters. The Balaban J connectivity index is 0.000000270. The van der Waals surface area contributed by atoms with Crippen molar-refractivity contribution < 1.29 is 22.3 Å². The molecule has 4 aromatic rings. The average molecular weight is 584 g/mol. The lowest BCUT2D eigenvalue weighted by atomic mass is 10.2. The average Bonchev–Trinajstić information content (AvgIpc) is 3.40. The Morgan fingerprint density at radius 2 is 1.74 bits per heavy atom. The molecule has 0 radical (unpaired) electrons. The van der Waals surface area contributed by atoms with E-state index in [1.165, 1.54) is 12.1 Å². The number of benzene rings is 2. The van der Waals surface area contributed by atoms with Gasteiger partial charge < -0.3 is 14.2 Å². The van der Waals surface area contributed by atoms with Crippen LogP contribution in [0.15, 0.2) is 81.6 Å². The second kappa shape index (κ2) is 11.8. The highest BCUT2D eigenvalue weighted by atomic mass is 32.2.